The van der Waals surface area contributed by atoms with Gasteiger partial charge in [0, 0.05) is 0 Å². The largest absolute Gasteiger partial charge is 0.0533 e. The van der Waals surface area contributed by atoms with Crippen LogP contribution >= 0.6 is 0 Å². The lowest BCUT2D eigenvalue weighted by molar-refractivity contribution is -0.236. The Hall–Kier alpha value is 0. The van der Waals surface area contributed by atoms with E-state index in [1.807, 2.05) is 0 Å². The third kappa shape index (κ3) is 5.13. The van der Waals surface area contributed by atoms with Crippen LogP contribution in [0.25, 0.3) is 0 Å². The van der Waals surface area contributed by atoms with Crippen LogP contribution in [0.4, 0.5) is 0 Å². The number of hydrogen-bond acceptors (Lipinski definition) is 0. The monoisotopic (exact) mass is 537 g/mol. The highest BCUT2D eigenvalue weighted by molar-refractivity contribution is 5.19. The molecule has 39 heavy (non-hydrogen) atoms. The quantitative estimate of drug-likeness (QED) is 0.306. The first kappa shape index (κ1) is 29.1. The van der Waals surface area contributed by atoms with E-state index in [4.69, 9.17) is 0 Å². The molecule has 6 aliphatic carbocycles. The molecule has 0 aromatic carbocycles. The summed E-state index contributed by atoms with van der Waals surface area (Å²) in [5, 5.41) is 0. The molecular formula is C39H68. The number of rotatable bonds is 5. The second-order valence-corrected chi connectivity index (χ2v) is 16.4. The molecule has 6 fully saturated rings. The molecule has 0 atom stereocenters. The summed E-state index contributed by atoms with van der Waals surface area (Å²) in [5.74, 6) is 2.15. The van der Waals surface area contributed by atoms with Crippen LogP contribution in [0.15, 0.2) is 0 Å². The minimum absolute atomic E-state index is 0.660. The van der Waals surface area contributed by atoms with Gasteiger partial charge < -0.3 is 0 Å². The van der Waals surface area contributed by atoms with Crippen molar-refractivity contribution in [2.24, 2.45) is 33.5 Å². The summed E-state index contributed by atoms with van der Waals surface area (Å²) in [5.41, 5.74) is 2.73. The molecule has 6 aliphatic rings. The van der Waals surface area contributed by atoms with E-state index in [9.17, 15) is 0 Å². The van der Waals surface area contributed by atoms with Crippen molar-refractivity contribution in [3.8, 4) is 0 Å². The molecule has 0 spiro atoms. The van der Waals surface area contributed by atoms with E-state index in [2.05, 4.69) is 0 Å². The summed E-state index contributed by atoms with van der Waals surface area (Å²) >= 11 is 0. The smallest absolute Gasteiger partial charge is 0.0176 e. The van der Waals surface area contributed by atoms with Crippen molar-refractivity contribution < 1.29 is 0 Å². The van der Waals surface area contributed by atoms with Gasteiger partial charge in [0.1, 0.15) is 0 Å². The minimum Gasteiger partial charge on any atom is -0.0533 e. The van der Waals surface area contributed by atoms with Crippen LogP contribution in [-0.4, -0.2) is 0 Å². The maximum atomic E-state index is 1.65. The standard InChI is InChI=1S/C39H68/c1-2-5-12-23-34(22-11-4-1)36(26-13-6-3-7-14-27-36)38(30-15-8-9-16-31-38)39(32-17-10-18-33-39)37(28-19-20-29-37)35-24-21-25-35/h34-35H,1-33H2. The van der Waals surface area contributed by atoms with E-state index >= 15 is 0 Å². The predicted octanol–water partition coefficient (Wildman–Crippen LogP) is 13.1. The molecule has 0 saturated heterocycles. The van der Waals surface area contributed by atoms with Crippen molar-refractivity contribution in [2.75, 3.05) is 0 Å². The Morgan fingerprint density at radius 2 is 0.487 bits per heavy atom. The molecule has 0 unspecified atom stereocenters. The predicted molar refractivity (Wildman–Crippen MR) is 169 cm³/mol. The molecule has 0 nitrogen and oxygen atoms in total. The van der Waals surface area contributed by atoms with Crippen molar-refractivity contribution in [3.63, 3.8) is 0 Å². The Morgan fingerprint density at radius 1 is 0.231 bits per heavy atom. The fraction of sp³-hybridized carbons (Fsp3) is 1.00. The van der Waals surface area contributed by atoms with E-state index in [-0.39, 0.29) is 0 Å². The first-order valence-corrected chi connectivity index (χ1v) is 19.3. The molecule has 0 radical (unpaired) electrons. The summed E-state index contributed by atoms with van der Waals surface area (Å²) in [4.78, 5) is 0. The highest BCUT2D eigenvalue weighted by Crippen LogP contribution is 2.79. The van der Waals surface area contributed by atoms with Gasteiger partial charge in [-0.15, -0.1) is 0 Å². The average Bonchev–Trinajstić information content (AvgIpc) is 3.32. The molecule has 6 saturated carbocycles. The van der Waals surface area contributed by atoms with E-state index in [0.717, 1.165) is 17.3 Å². The summed E-state index contributed by atoms with van der Waals surface area (Å²) in [6.07, 6.45) is 52.3. The first-order valence-electron chi connectivity index (χ1n) is 19.3. The Bertz CT molecular complexity index is 703. The lowest BCUT2D eigenvalue weighted by Gasteiger charge is -2.72. The van der Waals surface area contributed by atoms with Gasteiger partial charge in [-0.25, -0.2) is 0 Å². The van der Waals surface area contributed by atoms with Crippen LogP contribution in [0.1, 0.15) is 212 Å². The summed E-state index contributed by atoms with van der Waals surface area (Å²) in [7, 11) is 0. The van der Waals surface area contributed by atoms with E-state index in [1.165, 1.54) is 32.1 Å². The van der Waals surface area contributed by atoms with Crippen LogP contribution in [0, 0.1) is 33.5 Å². The van der Waals surface area contributed by atoms with Crippen molar-refractivity contribution >= 4 is 0 Å². The highest BCUT2D eigenvalue weighted by Gasteiger charge is 2.70. The van der Waals surface area contributed by atoms with Crippen LogP contribution in [0.5, 0.6) is 0 Å². The summed E-state index contributed by atoms with van der Waals surface area (Å²) in [6, 6.07) is 0. The maximum absolute atomic E-state index is 1.65. The third-order valence-corrected chi connectivity index (χ3v) is 15.3. The SMILES string of the molecule is C1CCCCC(C2(C3(C4(C5(C6CCC6)CCCC5)CCCCC4)CCCCCC3)CCCCCCC2)CCC1. The Kier molecular flexibility index (Phi) is 9.78. The minimum atomic E-state index is 0.660. The van der Waals surface area contributed by atoms with Gasteiger partial charge in [0.25, 0.3) is 0 Å². The van der Waals surface area contributed by atoms with Crippen molar-refractivity contribution in [3.05, 3.63) is 0 Å². The maximum Gasteiger partial charge on any atom is -0.0176 e. The Labute approximate surface area is 245 Å². The first-order chi connectivity index (χ1) is 19.3. The zero-order valence-corrected chi connectivity index (χ0v) is 26.5. The van der Waals surface area contributed by atoms with Gasteiger partial charge in [0.15, 0.2) is 0 Å². The molecule has 0 bridgehead atoms. The lowest BCUT2D eigenvalue weighted by Crippen LogP contribution is -2.65. The van der Waals surface area contributed by atoms with E-state index < -0.39 is 0 Å². The summed E-state index contributed by atoms with van der Waals surface area (Å²) < 4.78 is 0. The topological polar surface area (TPSA) is 0 Å². The molecule has 0 heteroatoms. The second kappa shape index (κ2) is 13.1. The van der Waals surface area contributed by atoms with Crippen molar-refractivity contribution in [1.29, 1.82) is 0 Å². The lowest BCUT2D eigenvalue weighted by atomic mass is 9.32. The van der Waals surface area contributed by atoms with Gasteiger partial charge in [0.05, 0.1) is 0 Å². The fourth-order valence-electron chi connectivity index (χ4n) is 13.6. The molecule has 224 valence electrons. The normalized spacial score (nSPS) is 32.9. The van der Waals surface area contributed by atoms with Crippen LogP contribution in [-0.2, 0) is 0 Å². The van der Waals surface area contributed by atoms with Crippen molar-refractivity contribution in [1.82, 2.24) is 0 Å². The van der Waals surface area contributed by atoms with Gasteiger partial charge >= 0.3 is 0 Å². The zero-order chi connectivity index (χ0) is 26.5. The molecule has 0 heterocycles. The van der Waals surface area contributed by atoms with E-state index in [1.54, 1.807) is 180 Å². The molecule has 0 aromatic rings. The van der Waals surface area contributed by atoms with Gasteiger partial charge in [0.2, 0.25) is 0 Å². The zero-order valence-electron chi connectivity index (χ0n) is 26.5. The van der Waals surface area contributed by atoms with Crippen LogP contribution in [0.3, 0.4) is 0 Å². The van der Waals surface area contributed by atoms with E-state index in [0.29, 0.717) is 16.2 Å². The molecule has 0 aromatic heterocycles. The summed E-state index contributed by atoms with van der Waals surface area (Å²) in [6.45, 7) is 0. The van der Waals surface area contributed by atoms with Gasteiger partial charge in [-0.05, 0) is 111 Å². The number of hydrogen-bond donors (Lipinski definition) is 0. The molecule has 0 aliphatic heterocycles. The van der Waals surface area contributed by atoms with Gasteiger partial charge in [-0.3, -0.25) is 0 Å². The van der Waals surface area contributed by atoms with Gasteiger partial charge in [-0.2, -0.15) is 0 Å². The van der Waals surface area contributed by atoms with Gasteiger partial charge in [-0.1, -0.05) is 135 Å². The fourth-order valence-corrected chi connectivity index (χ4v) is 13.6. The highest BCUT2D eigenvalue weighted by atomic mass is 14.7. The van der Waals surface area contributed by atoms with Crippen LogP contribution in [0.2, 0.25) is 0 Å². The van der Waals surface area contributed by atoms with Crippen molar-refractivity contribution in [2.45, 2.75) is 212 Å². The Morgan fingerprint density at radius 3 is 0.846 bits per heavy atom. The second-order valence-electron chi connectivity index (χ2n) is 16.4. The molecule has 0 N–H and O–H groups in total. The van der Waals surface area contributed by atoms with Crippen LogP contribution < -0.4 is 0 Å². The molecule has 6 rings (SSSR count). The molecular weight excluding hydrogens is 468 g/mol. The third-order valence-electron chi connectivity index (χ3n) is 15.3. The average molecular weight is 537 g/mol. The molecule has 0 amide bonds. The Balaban J connectivity index is 1.54.